The van der Waals surface area contributed by atoms with Crippen LogP contribution >= 0.6 is 0 Å². The summed E-state index contributed by atoms with van der Waals surface area (Å²) >= 11 is 0. The Balaban J connectivity index is 3.25. The molecular weight excluding hydrogens is 183 g/mol. The van der Waals surface area contributed by atoms with Crippen LogP contribution in [-0.2, 0) is 0 Å². The minimum atomic E-state index is -2.76. The third-order valence-electron chi connectivity index (χ3n) is 1.57. The summed E-state index contributed by atoms with van der Waals surface area (Å²) in [6, 6.07) is 0.907. The Labute approximate surface area is 73.4 Å². The molecule has 0 bridgehead atoms. The Kier molecular flexibility index (Phi) is 2.75. The van der Waals surface area contributed by atoms with E-state index in [2.05, 4.69) is 9.72 Å². The molecule has 0 aliphatic rings. The highest BCUT2D eigenvalue weighted by atomic mass is 19.3. The van der Waals surface area contributed by atoms with Crippen molar-refractivity contribution in [3.05, 3.63) is 23.3 Å². The van der Waals surface area contributed by atoms with Gasteiger partial charge in [0.1, 0.15) is 17.3 Å². The molecule has 1 aromatic heterocycles. The summed E-state index contributed by atoms with van der Waals surface area (Å²) in [4.78, 5) is 3.39. The summed E-state index contributed by atoms with van der Waals surface area (Å²) in [5, 5.41) is 0. The second-order valence-corrected chi connectivity index (χ2v) is 2.44. The highest BCUT2D eigenvalue weighted by Gasteiger charge is 2.17. The SMILES string of the molecule is COc1cc(F)c(C)nc1C(F)F. The summed E-state index contributed by atoms with van der Waals surface area (Å²) < 4.78 is 41.9. The number of ether oxygens (including phenoxy) is 1. The molecule has 0 saturated heterocycles. The lowest BCUT2D eigenvalue weighted by molar-refractivity contribution is 0.141. The smallest absolute Gasteiger partial charge is 0.284 e. The lowest BCUT2D eigenvalue weighted by atomic mass is 10.3. The number of halogens is 3. The first-order valence-electron chi connectivity index (χ1n) is 3.55. The molecule has 1 heterocycles. The molecule has 72 valence electrons. The third kappa shape index (κ3) is 1.91. The number of alkyl halides is 2. The molecule has 0 spiro atoms. The number of aryl methyl sites for hydroxylation is 1. The van der Waals surface area contributed by atoms with Crippen molar-refractivity contribution < 1.29 is 17.9 Å². The predicted octanol–water partition coefficient (Wildman–Crippen LogP) is 2.48. The fraction of sp³-hybridized carbons (Fsp3) is 0.375. The number of nitrogens with zero attached hydrogens (tertiary/aromatic N) is 1. The number of hydrogen-bond donors (Lipinski definition) is 0. The lowest BCUT2D eigenvalue weighted by Gasteiger charge is -2.07. The molecule has 1 rings (SSSR count). The largest absolute Gasteiger partial charge is 0.495 e. The van der Waals surface area contributed by atoms with E-state index in [0.717, 1.165) is 6.07 Å². The van der Waals surface area contributed by atoms with Crippen LogP contribution in [0.5, 0.6) is 5.75 Å². The number of hydrogen-bond acceptors (Lipinski definition) is 2. The molecule has 0 aliphatic carbocycles. The van der Waals surface area contributed by atoms with Gasteiger partial charge in [0.25, 0.3) is 6.43 Å². The maximum atomic E-state index is 12.8. The van der Waals surface area contributed by atoms with E-state index >= 15 is 0 Å². The average Bonchev–Trinajstić information content (AvgIpc) is 2.08. The minimum Gasteiger partial charge on any atom is -0.495 e. The van der Waals surface area contributed by atoms with Crippen LogP contribution in [0.3, 0.4) is 0 Å². The van der Waals surface area contributed by atoms with Gasteiger partial charge in [0.05, 0.1) is 12.8 Å². The van der Waals surface area contributed by atoms with E-state index in [1.54, 1.807) is 0 Å². The summed E-state index contributed by atoms with van der Waals surface area (Å²) in [5.41, 5.74) is -0.586. The summed E-state index contributed by atoms with van der Waals surface area (Å²) in [6.45, 7) is 1.32. The van der Waals surface area contributed by atoms with Gasteiger partial charge in [-0.05, 0) is 6.92 Å². The highest BCUT2D eigenvalue weighted by molar-refractivity contribution is 5.30. The first-order valence-corrected chi connectivity index (χ1v) is 3.55. The van der Waals surface area contributed by atoms with Crippen molar-refractivity contribution in [3.8, 4) is 5.75 Å². The molecule has 0 fully saturated rings. The summed E-state index contributed by atoms with van der Waals surface area (Å²) in [5.74, 6) is -0.876. The number of rotatable bonds is 2. The van der Waals surface area contributed by atoms with Crippen molar-refractivity contribution in [1.29, 1.82) is 0 Å². The van der Waals surface area contributed by atoms with Gasteiger partial charge in [-0.3, -0.25) is 0 Å². The molecule has 0 atom stereocenters. The third-order valence-corrected chi connectivity index (χ3v) is 1.57. The van der Waals surface area contributed by atoms with E-state index in [0.29, 0.717) is 0 Å². The van der Waals surface area contributed by atoms with Gasteiger partial charge in [-0.2, -0.15) is 0 Å². The fourth-order valence-electron chi connectivity index (χ4n) is 0.902. The summed E-state index contributed by atoms with van der Waals surface area (Å²) in [6.07, 6.45) is -2.76. The Morgan fingerprint density at radius 1 is 1.46 bits per heavy atom. The maximum Gasteiger partial charge on any atom is 0.284 e. The van der Waals surface area contributed by atoms with Crippen LogP contribution in [0.4, 0.5) is 13.2 Å². The molecule has 0 unspecified atom stereocenters. The van der Waals surface area contributed by atoms with Gasteiger partial charge in [-0.1, -0.05) is 0 Å². The van der Waals surface area contributed by atoms with Gasteiger partial charge in [0, 0.05) is 6.07 Å². The van der Waals surface area contributed by atoms with Crippen LogP contribution in [0.1, 0.15) is 17.8 Å². The first kappa shape index (κ1) is 9.83. The first-order chi connectivity index (χ1) is 6.06. The average molecular weight is 191 g/mol. The molecule has 0 aliphatic heterocycles. The van der Waals surface area contributed by atoms with Crippen LogP contribution in [0, 0.1) is 12.7 Å². The van der Waals surface area contributed by atoms with E-state index in [4.69, 9.17) is 0 Å². The van der Waals surface area contributed by atoms with Gasteiger partial charge >= 0.3 is 0 Å². The zero-order chi connectivity index (χ0) is 10.0. The molecule has 0 saturated carbocycles. The monoisotopic (exact) mass is 191 g/mol. The van der Waals surface area contributed by atoms with E-state index in [9.17, 15) is 13.2 Å². The van der Waals surface area contributed by atoms with E-state index in [1.807, 2.05) is 0 Å². The second kappa shape index (κ2) is 3.64. The Morgan fingerprint density at radius 3 is 2.54 bits per heavy atom. The van der Waals surface area contributed by atoms with Crippen molar-refractivity contribution in [2.45, 2.75) is 13.3 Å². The van der Waals surface area contributed by atoms with Crippen LogP contribution in [0.25, 0.3) is 0 Å². The van der Waals surface area contributed by atoms with Crippen molar-refractivity contribution in [2.24, 2.45) is 0 Å². The zero-order valence-electron chi connectivity index (χ0n) is 7.14. The number of aromatic nitrogens is 1. The zero-order valence-corrected chi connectivity index (χ0v) is 7.14. The van der Waals surface area contributed by atoms with Crippen LogP contribution < -0.4 is 4.74 Å². The standard InChI is InChI=1S/C8H8F3NO/c1-4-5(9)3-6(13-2)7(12-4)8(10)11/h3,8H,1-2H3. The Bertz CT molecular complexity index is 315. The second-order valence-electron chi connectivity index (χ2n) is 2.44. The molecule has 0 radical (unpaired) electrons. The molecule has 2 nitrogen and oxygen atoms in total. The Hall–Kier alpha value is -1.26. The van der Waals surface area contributed by atoms with Gasteiger partial charge in [-0.25, -0.2) is 18.2 Å². The van der Waals surface area contributed by atoms with Crippen molar-refractivity contribution in [2.75, 3.05) is 7.11 Å². The molecule has 0 N–H and O–H groups in total. The molecule has 0 aromatic carbocycles. The van der Waals surface area contributed by atoms with Gasteiger partial charge < -0.3 is 4.74 Å². The van der Waals surface area contributed by atoms with Gasteiger partial charge in [0.15, 0.2) is 0 Å². The van der Waals surface area contributed by atoms with E-state index < -0.39 is 17.9 Å². The van der Waals surface area contributed by atoms with Gasteiger partial charge in [0.2, 0.25) is 0 Å². The van der Waals surface area contributed by atoms with Crippen LogP contribution in [0.2, 0.25) is 0 Å². The van der Waals surface area contributed by atoms with Gasteiger partial charge in [-0.15, -0.1) is 0 Å². The highest BCUT2D eigenvalue weighted by Crippen LogP contribution is 2.28. The molecule has 5 heteroatoms. The molecule has 13 heavy (non-hydrogen) atoms. The lowest BCUT2D eigenvalue weighted by Crippen LogP contribution is -2.00. The van der Waals surface area contributed by atoms with Crippen molar-refractivity contribution in [1.82, 2.24) is 4.98 Å². The predicted molar refractivity (Wildman–Crippen MR) is 40.4 cm³/mol. The molecular formula is C8H8F3NO. The van der Waals surface area contributed by atoms with E-state index in [-0.39, 0.29) is 11.4 Å². The Morgan fingerprint density at radius 2 is 2.08 bits per heavy atom. The normalized spacial score (nSPS) is 10.6. The molecule has 0 amide bonds. The topological polar surface area (TPSA) is 22.1 Å². The quantitative estimate of drug-likeness (QED) is 0.716. The summed E-state index contributed by atoms with van der Waals surface area (Å²) in [7, 11) is 1.19. The minimum absolute atomic E-state index is 0.0592. The van der Waals surface area contributed by atoms with E-state index in [1.165, 1.54) is 14.0 Å². The fourth-order valence-corrected chi connectivity index (χ4v) is 0.902. The molecule has 1 aromatic rings. The van der Waals surface area contributed by atoms with Crippen molar-refractivity contribution >= 4 is 0 Å². The maximum absolute atomic E-state index is 12.8. The number of pyridine rings is 1. The van der Waals surface area contributed by atoms with Crippen LogP contribution in [0.15, 0.2) is 6.07 Å². The van der Waals surface area contributed by atoms with Crippen molar-refractivity contribution in [3.63, 3.8) is 0 Å². The van der Waals surface area contributed by atoms with Crippen LogP contribution in [-0.4, -0.2) is 12.1 Å². The number of methoxy groups -OCH3 is 1.